The number of rotatable bonds is 3. The summed E-state index contributed by atoms with van der Waals surface area (Å²) in [6, 6.07) is 4.00. The van der Waals surface area contributed by atoms with Crippen LogP contribution in [0.15, 0.2) is 41.6 Å². The number of hydrogen-bond acceptors (Lipinski definition) is 6. The maximum Gasteiger partial charge on any atom is 0.414 e. The van der Waals surface area contributed by atoms with Crippen LogP contribution in [0.4, 0.5) is 20.6 Å². The summed E-state index contributed by atoms with van der Waals surface area (Å²) in [5, 5.41) is 2.65. The first kappa shape index (κ1) is 19.0. The normalized spacial score (nSPS) is 17.4. The average molecular weight is 424 g/mol. The maximum absolute atomic E-state index is 15.1. The lowest BCUT2D eigenvalue weighted by Crippen LogP contribution is -2.31. The van der Waals surface area contributed by atoms with Crippen LogP contribution in [0.3, 0.4) is 0 Å². The number of amides is 2. The Kier molecular flexibility index (Phi) is 4.35. The van der Waals surface area contributed by atoms with E-state index in [2.05, 4.69) is 10.3 Å². The van der Waals surface area contributed by atoms with Crippen molar-refractivity contribution in [1.29, 1.82) is 0 Å². The van der Waals surface area contributed by atoms with Crippen LogP contribution in [-0.2, 0) is 4.74 Å². The molecule has 0 bridgehead atoms. The number of anilines is 2. The Balaban J connectivity index is 1.71. The second-order valence-corrected chi connectivity index (χ2v) is 7.33. The highest BCUT2D eigenvalue weighted by molar-refractivity contribution is 6.07. The van der Waals surface area contributed by atoms with E-state index < -0.39 is 23.2 Å². The Hall–Kier alpha value is -3.95. The molecule has 31 heavy (non-hydrogen) atoms. The monoisotopic (exact) mass is 424 g/mol. The van der Waals surface area contributed by atoms with Crippen LogP contribution in [0.25, 0.3) is 10.9 Å². The molecular weight excluding hydrogens is 407 g/mol. The second kappa shape index (κ2) is 7.08. The summed E-state index contributed by atoms with van der Waals surface area (Å²) < 4.78 is 27.5. The fourth-order valence-electron chi connectivity index (χ4n) is 3.86. The number of ether oxygens (including phenoxy) is 2. The van der Waals surface area contributed by atoms with E-state index >= 15 is 4.39 Å². The number of pyridine rings is 2. The molecule has 2 aliphatic rings. The van der Waals surface area contributed by atoms with Gasteiger partial charge in [-0.05, 0) is 25.1 Å². The summed E-state index contributed by atoms with van der Waals surface area (Å²) in [7, 11) is 0. The van der Waals surface area contributed by atoms with E-state index in [1.165, 1.54) is 18.6 Å². The summed E-state index contributed by atoms with van der Waals surface area (Å²) in [6.45, 7) is 2.33. The van der Waals surface area contributed by atoms with Crippen molar-refractivity contribution in [3.63, 3.8) is 0 Å². The van der Waals surface area contributed by atoms with Crippen LogP contribution < -0.4 is 20.4 Å². The zero-order chi connectivity index (χ0) is 21.7. The number of nitrogens with zero attached hydrogens (tertiary/aromatic N) is 3. The first-order valence-electron chi connectivity index (χ1n) is 9.65. The van der Waals surface area contributed by atoms with Gasteiger partial charge in [0.05, 0.1) is 23.5 Å². The quantitative estimate of drug-likeness (QED) is 0.694. The third-order valence-electron chi connectivity index (χ3n) is 5.36. The van der Waals surface area contributed by atoms with Crippen molar-refractivity contribution in [2.45, 2.75) is 13.0 Å². The van der Waals surface area contributed by atoms with Gasteiger partial charge in [-0.3, -0.25) is 19.5 Å². The first-order chi connectivity index (χ1) is 15.0. The van der Waals surface area contributed by atoms with Crippen LogP contribution in [0.5, 0.6) is 5.75 Å². The van der Waals surface area contributed by atoms with Crippen molar-refractivity contribution in [3.05, 3.63) is 58.4 Å². The third kappa shape index (κ3) is 2.98. The van der Waals surface area contributed by atoms with E-state index in [0.717, 1.165) is 11.0 Å². The van der Waals surface area contributed by atoms with Crippen molar-refractivity contribution >= 4 is 34.3 Å². The molecule has 0 unspecified atom stereocenters. The van der Waals surface area contributed by atoms with Crippen LogP contribution in [0, 0.1) is 5.82 Å². The fraction of sp³-hybridized carbons (Fsp3) is 0.238. The molecule has 158 valence electrons. The van der Waals surface area contributed by atoms with Crippen LogP contribution >= 0.6 is 0 Å². The fourth-order valence-corrected chi connectivity index (χ4v) is 3.86. The van der Waals surface area contributed by atoms with E-state index in [1.54, 1.807) is 16.7 Å². The van der Waals surface area contributed by atoms with E-state index in [0.29, 0.717) is 11.2 Å². The van der Waals surface area contributed by atoms with Crippen molar-refractivity contribution in [2.24, 2.45) is 0 Å². The topological polar surface area (TPSA) is 103 Å². The van der Waals surface area contributed by atoms with Gasteiger partial charge in [-0.25, -0.2) is 9.18 Å². The Morgan fingerprint density at radius 3 is 2.74 bits per heavy atom. The van der Waals surface area contributed by atoms with Crippen LogP contribution in [0.2, 0.25) is 0 Å². The van der Waals surface area contributed by atoms with Crippen LogP contribution in [-0.4, -0.2) is 41.3 Å². The summed E-state index contributed by atoms with van der Waals surface area (Å²) in [5.74, 6) is -1.33. The van der Waals surface area contributed by atoms with Gasteiger partial charge in [0.2, 0.25) is 5.43 Å². The number of halogens is 1. The molecule has 4 heterocycles. The second-order valence-electron chi connectivity index (χ2n) is 7.33. The van der Waals surface area contributed by atoms with Gasteiger partial charge in [-0.2, -0.15) is 0 Å². The molecular formula is C21H17FN4O5. The van der Waals surface area contributed by atoms with Gasteiger partial charge in [0.15, 0.2) is 11.6 Å². The molecule has 1 N–H and O–H groups in total. The highest BCUT2D eigenvalue weighted by Crippen LogP contribution is 2.42. The molecule has 1 fully saturated rings. The summed E-state index contributed by atoms with van der Waals surface area (Å²) >= 11 is 0. The van der Waals surface area contributed by atoms with Crippen molar-refractivity contribution in [3.8, 4) is 5.75 Å². The number of cyclic esters (lactones) is 1. The molecule has 2 amide bonds. The minimum Gasteiger partial charge on any atom is -0.487 e. The van der Waals surface area contributed by atoms with E-state index in [-0.39, 0.29) is 48.2 Å². The number of nitrogens with one attached hydrogen (secondary N) is 1. The molecule has 10 heteroatoms. The Morgan fingerprint density at radius 2 is 2.03 bits per heavy atom. The van der Waals surface area contributed by atoms with Gasteiger partial charge >= 0.3 is 6.09 Å². The number of carbonyl (C=O) groups is 2. The molecule has 3 aromatic rings. The molecule has 1 saturated heterocycles. The predicted molar refractivity (Wildman–Crippen MR) is 109 cm³/mol. The summed E-state index contributed by atoms with van der Waals surface area (Å²) in [4.78, 5) is 43.0. The lowest BCUT2D eigenvalue weighted by Gasteiger charge is -2.30. The molecule has 1 aromatic carbocycles. The zero-order valence-electron chi connectivity index (χ0n) is 16.4. The molecule has 9 nitrogen and oxygen atoms in total. The average Bonchev–Trinajstić information content (AvgIpc) is 3.17. The van der Waals surface area contributed by atoms with E-state index in [1.807, 2.05) is 6.92 Å². The molecule has 0 radical (unpaired) electrons. The largest absolute Gasteiger partial charge is 0.487 e. The molecule has 2 aromatic heterocycles. The highest BCUT2D eigenvalue weighted by Gasteiger charge is 2.34. The minimum absolute atomic E-state index is 0.00209. The zero-order valence-corrected chi connectivity index (χ0v) is 16.4. The Labute approximate surface area is 175 Å². The third-order valence-corrected chi connectivity index (χ3v) is 5.36. The van der Waals surface area contributed by atoms with E-state index in [4.69, 9.17) is 9.47 Å². The summed E-state index contributed by atoms with van der Waals surface area (Å²) in [6.07, 6.45) is 3.79. The van der Waals surface area contributed by atoms with Crippen molar-refractivity contribution in [1.82, 2.24) is 9.55 Å². The lowest BCUT2D eigenvalue weighted by molar-refractivity contribution is 0.102. The number of carbonyl (C=O) groups excluding carboxylic acids is 2. The molecule has 5 rings (SSSR count). The molecule has 0 spiro atoms. The molecule has 2 aliphatic heterocycles. The number of benzene rings is 1. The standard InChI is InChI=1S/C21H17FN4O5/c1-11-10-31-19-16-13(8-15(22)17(19)25-6-7-30-21(25)29)18(27)14(9-26(11)16)20(28)24-12-2-4-23-5-3-12/h2-5,8-9,11H,6-7,10H2,1H3,(H,23,24,28)/t11-/m0/s1. The SMILES string of the molecule is C[C@H]1COc2c(N3CCOC3=O)c(F)cc3c(=O)c(C(=O)Nc4ccncc4)cn1c23. The molecule has 0 saturated carbocycles. The van der Waals surface area contributed by atoms with Gasteiger partial charge in [-0.1, -0.05) is 0 Å². The first-order valence-corrected chi connectivity index (χ1v) is 9.65. The van der Waals surface area contributed by atoms with Crippen LogP contribution in [0.1, 0.15) is 23.3 Å². The lowest BCUT2D eigenvalue weighted by atomic mass is 10.1. The molecule has 0 aliphatic carbocycles. The summed E-state index contributed by atoms with van der Waals surface area (Å²) in [5.41, 5.74) is -0.0171. The maximum atomic E-state index is 15.1. The smallest absolute Gasteiger partial charge is 0.414 e. The van der Waals surface area contributed by atoms with Gasteiger partial charge in [-0.15, -0.1) is 0 Å². The predicted octanol–water partition coefficient (Wildman–Crippen LogP) is 2.70. The number of hydrogen-bond donors (Lipinski definition) is 1. The van der Waals surface area contributed by atoms with Crippen molar-refractivity contribution in [2.75, 3.05) is 30.0 Å². The van der Waals surface area contributed by atoms with Gasteiger partial charge in [0, 0.05) is 24.3 Å². The Bertz CT molecular complexity index is 1290. The van der Waals surface area contributed by atoms with Gasteiger partial charge in [0.1, 0.15) is 24.5 Å². The van der Waals surface area contributed by atoms with E-state index in [9.17, 15) is 14.4 Å². The Morgan fingerprint density at radius 1 is 1.26 bits per heavy atom. The highest BCUT2D eigenvalue weighted by atomic mass is 19.1. The van der Waals surface area contributed by atoms with Gasteiger partial charge < -0.3 is 19.4 Å². The minimum atomic E-state index is -0.800. The van der Waals surface area contributed by atoms with Crippen molar-refractivity contribution < 1.29 is 23.5 Å². The number of aromatic nitrogens is 2. The molecule has 1 atom stereocenters. The van der Waals surface area contributed by atoms with Gasteiger partial charge in [0.25, 0.3) is 5.91 Å².